The van der Waals surface area contributed by atoms with Crippen LogP contribution in [0.25, 0.3) is 10.9 Å². The van der Waals surface area contributed by atoms with Crippen LogP contribution in [0.4, 0.5) is 5.95 Å². The summed E-state index contributed by atoms with van der Waals surface area (Å²) in [5.74, 6) is 0.769. The summed E-state index contributed by atoms with van der Waals surface area (Å²) >= 11 is 0. The van der Waals surface area contributed by atoms with E-state index < -0.39 is 0 Å². The van der Waals surface area contributed by atoms with E-state index in [9.17, 15) is 0 Å². The minimum absolute atomic E-state index is 0. The summed E-state index contributed by atoms with van der Waals surface area (Å²) in [6.07, 6.45) is 6.80. The predicted molar refractivity (Wildman–Crippen MR) is 89.7 cm³/mol. The van der Waals surface area contributed by atoms with Gasteiger partial charge in [-0.3, -0.25) is 0 Å². The molecule has 1 N–H and O–H groups in total. The minimum atomic E-state index is 0. The summed E-state index contributed by atoms with van der Waals surface area (Å²) in [6, 6.07) is 7.44. The van der Waals surface area contributed by atoms with Crippen molar-refractivity contribution in [3.8, 4) is 0 Å². The van der Waals surface area contributed by atoms with E-state index in [0.29, 0.717) is 6.04 Å². The van der Waals surface area contributed by atoms with Crippen molar-refractivity contribution in [1.29, 1.82) is 0 Å². The number of nitrogens with one attached hydrogen (secondary N) is 1. The molecule has 1 fully saturated rings. The molecule has 0 bridgehead atoms. The fraction of sp³-hybridized carbons (Fsp3) is 0.529. The van der Waals surface area contributed by atoms with Crippen molar-refractivity contribution in [2.24, 2.45) is 0 Å². The number of rotatable bonds is 3. The van der Waals surface area contributed by atoms with Crippen molar-refractivity contribution in [2.75, 3.05) is 19.4 Å². The van der Waals surface area contributed by atoms with E-state index in [1.54, 1.807) is 0 Å². The molecule has 1 saturated carbocycles. The van der Waals surface area contributed by atoms with Crippen molar-refractivity contribution in [3.63, 3.8) is 0 Å². The van der Waals surface area contributed by atoms with Gasteiger partial charge in [0.15, 0.2) is 0 Å². The highest BCUT2D eigenvalue weighted by molar-refractivity contribution is 5.81. The monoisotopic (exact) mass is 286 g/mol. The van der Waals surface area contributed by atoms with Crippen molar-refractivity contribution in [3.05, 3.63) is 30.0 Å². The Labute approximate surface area is 128 Å². The highest BCUT2D eigenvalue weighted by Crippen LogP contribution is 2.24. The van der Waals surface area contributed by atoms with E-state index >= 15 is 0 Å². The molecule has 1 aromatic carbocycles. The lowest BCUT2D eigenvalue weighted by Crippen LogP contribution is -2.36. The maximum atomic E-state index is 4.69. The van der Waals surface area contributed by atoms with Gasteiger partial charge in [0.1, 0.15) is 0 Å². The summed E-state index contributed by atoms with van der Waals surface area (Å²) in [5, 5.41) is 4.63. The first-order valence-corrected chi connectivity index (χ1v) is 7.79. The second-order valence-corrected chi connectivity index (χ2v) is 6.32. The number of fused-ring (bicyclic) bond motifs is 1. The second kappa shape index (κ2) is 5.98. The molecule has 0 saturated heterocycles. The Hall–Kier alpha value is -1.68. The third-order valence-corrected chi connectivity index (χ3v) is 4.57. The molecule has 4 nitrogen and oxygen atoms in total. The van der Waals surface area contributed by atoms with Gasteiger partial charge in [-0.05, 0) is 52.3 Å². The number of benzene rings is 1. The van der Waals surface area contributed by atoms with Crippen LogP contribution >= 0.6 is 0 Å². The third kappa shape index (κ3) is 3.16. The van der Waals surface area contributed by atoms with Crippen LogP contribution < -0.4 is 5.32 Å². The van der Waals surface area contributed by atoms with Crippen LogP contribution in [0, 0.1) is 6.92 Å². The highest BCUT2D eigenvalue weighted by atomic mass is 15.1. The maximum Gasteiger partial charge on any atom is 0.223 e. The summed E-state index contributed by atoms with van der Waals surface area (Å²) in [5.41, 5.74) is 2.26. The van der Waals surface area contributed by atoms with Gasteiger partial charge < -0.3 is 10.2 Å². The first-order valence-electron chi connectivity index (χ1n) is 7.79. The fourth-order valence-corrected chi connectivity index (χ4v) is 3.19. The molecule has 0 amide bonds. The maximum absolute atomic E-state index is 4.69. The van der Waals surface area contributed by atoms with E-state index in [1.807, 2.05) is 6.20 Å². The van der Waals surface area contributed by atoms with Gasteiger partial charge in [0.25, 0.3) is 0 Å². The van der Waals surface area contributed by atoms with Crippen LogP contribution in [0.5, 0.6) is 0 Å². The average molecular weight is 286 g/mol. The SMILES string of the molecule is Cc1cccc2cnc(NC3CCC(N(C)C)CC3)nc12.[HH]. The van der Waals surface area contributed by atoms with Crippen LogP contribution in [-0.2, 0) is 0 Å². The molecule has 2 aromatic rings. The van der Waals surface area contributed by atoms with Crippen molar-refractivity contribution >= 4 is 16.9 Å². The standard InChI is InChI=1S/C17H24N4.H2/c1-12-5-4-6-13-11-18-17(20-16(12)13)19-14-7-9-15(10-8-14)21(2)3;/h4-6,11,14-15H,7-10H2,1-3H3,(H,18,19,20);1H. The number of para-hydroxylation sites is 1. The minimum Gasteiger partial charge on any atom is -0.351 e. The van der Waals surface area contributed by atoms with E-state index in [-0.39, 0.29) is 1.43 Å². The third-order valence-electron chi connectivity index (χ3n) is 4.57. The van der Waals surface area contributed by atoms with Gasteiger partial charge in [-0.2, -0.15) is 0 Å². The molecule has 3 rings (SSSR count). The molecule has 0 unspecified atom stereocenters. The summed E-state index contributed by atoms with van der Waals surface area (Å²) < 4.78 is 0. The van der Waals surface area contributed by atoms with E-state index in [4.69, 9.17) is 4.98 Å². The van der Waals surface area contributed by atoms with Crippen LogP contribution in [-0.4, -0.2) is 41.0 Å². The van der Waals surface area contributed by atoms with E-state index in [1.165, 1.54) is 31.2 Å². The molecular formula is C17H26N4. The van der Waals surface area contributed by atoms with Gasteiger partial charge in [-0.25, -0.2) is 9.97 Å². The Morgan fingerprint density at radius 2 is 1.95 bits per heavy atom. The van der Waals surface area contributed by atoms with Crippen LogP contribution in [0.1, 0.15) is 32.7 Å². The van der Waals surface area contributed by atoms with E-state index in [0.717, 1.165) is 22.9 Å². The van der Waals surface area contributed by atoms with Crippen molar-refractivity contribution < 1.29 is 1.43 Å². The predicted octanol–water partition coefficient (Wildman–Crippen LogP) is 3.47. The van der Waals surface area contributed by atoms with Crippen molar-refractivity contribution in [2.45, 2.75) is 44.7 Å². The molecule has 1 aromatic heterocycles. The highest BCUT2D eigenvalue weighted by Gasteiger charge is 2.22. The number of nitrogens with zero attached hydrogens (tertiary/aromatic N) is 3. The van der Waals surface area contributed by atoms with Crippen molar-refractivity contribution in [1.82, 2.24) is 14.9 Å². The Balaban J connectivity index is 0.00000176. The summed E-state index contributed by atoms with van der Waals surface area (Å²) in [7, 11) is 4.35. The molecular weight excluding hydrogens is 260 g/mol. The zero-order valence-electron chi connectivity index (χ0n) is 13.1. The smallest absolute Gasteiger partial charge is 0.223 e. The lowest BCUT2D eigenvalue weighted by molar-refractivity contribution is 0.221. The zero-order chi connectivity index (χ0) is 14.8. The number of aryl methyl sites for hydroxylation is 1. The van der Waals surface area contributed by atoms with Gasteiger partial charge in [0, 0.05) is 25.1 Å². The Morgan fingerprint density at radius 3 is 2.67 bits per heavy atom. The second-order valence-electron chi connectivity index (χ2n) is 6.32. The molecule has 1 heterocycles. The van der Waals surface area contributed by atoms with Gasteiger partial charge in [0.2, 0.25) is 5.95 Å². The van der Waals surface area contributed by atoms with Gasteiger partial charge in [-0.15, -0.1) is 0 Å². The lowest BCUT2D eigenvalue weighted by atomic mass is 9.91. The quantitative estimate of drug-likeness (QED) is 0.938. The molecule has 0 atom stereocenters. The molecule has 1 aliphatic rings. The molecule has 4 heteroatoms. The molecule has 114 valence electrons. The Bertz CT molecular complexity index is 621. The topological polar surface area (TPSA) is 41.1 Å². The van der Waals surface area contributed by atoms with Crippen LogP contribution in [0.15, 0.2) is 24.4 Å². The van der Waals surface area contributed by atoms with Gasteiger partial charge >= 0.3 is 0 Å². The van der Waals surface area contributed by atoms with E-state index in [2.05, 4.69) is 54.4 Å². The molecule has 1 aliphatic carbocycles. The first kappa shape index (κ1) is 14.3. The van der Waals surface area contributed by atoms with Gasteiger partial charge in [0.05, 0.1) is 5.52 Å². The number of hydrogen-bond acceptors (Lipinski definition) is 4. The Kier molecular flexibility index (Phi) is 4.06. The lowest BCUT2D eigenvalue weighted by Gasteiger charge is -2.32. The first-order chi connectivity index (χ1) is 10.1. The average Bonchev–Trinajstić information content (AvgIpc) is 2.49. The largest absolute Gasteiger partial charge is 0.351 e. The number of anilines is 1. The normalized spacial score (nSPS) is 22.7. The zero-order valence-corrected chi connectivity index (χ0v) is 13.1. The number of aromatic nitrogens is 2. The van der Waals surface area contributed by atoms with Crippen LogP contribution in [0.2, 0.25) is 0 Å². The molecule has 0 spiro atoms. The summed E-state index contributed by atoms with van der Waals surface area (Å²) in [6.45, 7) is 2.10. The summed E-state index contributed by atoms with van der Waals surface area (Å²) in [4.78, 5) is 11.5. The van der Waals surface area contributed by atoms with Crippen LogP contribution in [0.3, 0.4) is 0 Å². The number of hydrogen-bond donors (Lipinski definition) is 1. The van der Waals surface area contributed by atoms with Gasteiger partial charge in [-0.1, -0.05) is 18.2 Å². The Morgan fingerprint density at radius 1 is 1.19 bits per heavy atom. The molecule has 0 radical (unpaired) electrons. The molecule has 0 aliphatic heterocycles. The molecule has 21 heavy (non-hydrogen) atoms. The fourth-order valence-electron chi connectivity index (χ4n) is 3.19.